The number of rotatable bonds is 4. The van der Waals surface area contributed by atoms with E-state index < -0.39 is 0 Å². The van der Waals surface area contributed by atoms with Gasteiger partial charge in [0.05, 0.1) is 13.2 Å². The van der Waals surface area contributed by atoms with E-state index in [0.29, 0.717) is 16.9 Å². The van der Waals surface area contributed by atoms with E-state index in [1.54, 1.807) is 18.2 Å². The van der Waals surface area contributed by atoms with Crippen molar-refractivity contribution in [3.63, 3.8) is 0 Å². The maximum absolute atomic E-state index is 8.93. The predicted octanol–water partition coefficient (Wildman–Crippen LogP) is 0.683. The number of aliphatic hydroxyl groups is 2. The van der Waals surface area contributed by atoms with E-state index in [0.717, 1.165) is 0 Å². The number of benzene rings is 1. The number of terminal acetylenes is 1. The van der Waals surface area contributed by atoms with Gasteiger partial charge in [0, 0.05) is 0 Å². The largest absolute Gasteiger partial charge is 0.481 e. The van der Waals surface area contributed by atoms with Crippen molar-refractivity contribution in [2.75, 3.05) is 6.61 Å². The van der Waals surface area contributed by atoms with Crippen molar-refractivity contribution < 1.29 is 14.9 Å². The van der Waals surface area contributed by atoms with Crippen molar-refractivity contribution in [3.8, 4) is 18.1 Å². The first-order chi connectivity index (χ1) is 6.80. The highest BCUT2D eigenvalue weighted by molar-refractivity contribution is 5.34. The standard InChI is InChI=1S/C11H12O3/c1-2-3-14-11-5-9(7-12)4-10(6-11)8-13/h1,4-6,12-13H,3,7-8H2. The minimum absolute atomic E-state index is 0.0831. The molecule has 0 radical (unpaired) electrons. The lowest BCUT2D eigenvalue weighted by molar-refractivity contribution is 0.273. The Morgan fingerprint density at radius 2 is 1.71 bits per heavy atom. The monoisotopic (exact) mass is 192 g/mol. The lowest BCUT2D eigenvalue weighted by atomic mass is 10.1. The lowest BCUT2D eigenvalue weighted by Gasteiger charge is -2.06. The van der Waals surface area contributed by atoms with Crippen molar-refractivity contribution >= 4 is 0 Å². The van der Waals surface area contributed by atoms with Gasteiger partial charge >= 0.3 is 0 Å². The zero-order valence-electron chi connectivity index (χ0n) is 7.73. The summed E-state index contributed by atoms with van der Waals surface area (Å²) in [4.78, 5) is 0. The normalized spacial score (nSPS) is 9.50. The molecular weight excluding hydrogens is 180 g/mol. The molecule has 0 atom stereocenters. The van der Waals surface area contributed by atoms with Crippen LogP contribution in [0.15, 0.2) is 18.2 Å². The first kappa shape index (κ1) is 10.6. The van der Waals surface area contributed by atoms with Gasteiger partial charge in [-0.3, -0.25) is 0 Å². The summed E-state index contributed by atoms with van der Waals surface area (Å²) in [5.41, 5.74) is 1.40. The van der Waals surface area contributed by atoms with Crippen molar-refractivity contribution in [3.05, 3.63) is 29.3 Å². The van der Waals surface area contributed by atoms with Gasteiger partial charge in [-0.15, -0.1) is 6.42 Å². The van der Waals surface area contributed by atoms with E-state index in [1.165, 1.54) is 0 Å². The van der Waals surface area contributed by atoms with E-state index in [-0.39, 0.29) is 19.8 Å². The van der Waals surface area contributed by atoms with Gasteiger partial charge in [0.2, 0.25) is 0 Å². The third kappa shape index (κ3) is 2.77. The molecule has 3 nitrogen and oxygen atoms in total. The minimum Gasteiger partial charge on any atom is -0.481 e. The Labute approximate surface area is 83.0 Å². The fraction of sp³-hybridized carbons (Fsp3) is 0.273. The van der Waals surface area contributed by atoms with Crippen LogP contribution in [-0.2, 0) is 13.2 Å². The average molecular weight is 192 g/mol. The van der Waals surface area contributed by atoms with Crippen LogP contribution in [-0.4, -0.2) is 16.8 Å². The Balaban J connectivity index is 2.87. The molecule has 0 amide bonds. The highest BCUT2D eigenvalue weighted by Gasteiger charge is 2.00. The fourth-order valence-corrected chi connectivity index (χ4v) is 1.12. The summed E-state index contributed by atoms with van der Waals surface area (Å²) in [7, 11) is 0. The predicted molar refractivity (Wildman–Crippen MR) is 52.6 cm³/mol. The van der Waals surface area contributed by atoms with Gasteiger partial charge in [-0.2, -0.15) is 0 Å². The molecule has 0 fully saturated rings. The molecular formula is C11H12O3. The maximum atomic E-state index is 8.93. The van der Waals surface area contributed by atoms with Crippen LogP contribution in [0.3, 0.4) is 0 Å². The van der Waals surface area contributed by atoms with Gasteiger partial charge in [0.25, 0.3) is 0 Å². The molecule has 0 aliphatic carbocycles. The number of aliphatic hydroxyl groups excluding tert-OH is 2. The van der Waals surface area contributed by atoms with Gasteiger partial charge in [0.1, 0.15) is 12.4 Å². The van der Waals surface area contributed by atoms with E-state index in [4.69, 9.17) is 21.4 Å². The second kappa shape index (κ2) is 5.28. The molecule has 3 heteroatoms. The zero-order valence-corrected chi connectivity index (χ0v) is 7.73. The van der Waals surface area contributed by atoms with E-state index >= 15 is 0 Å². The molecule has 0 bridgehead atoms. The molecule has 74 valence electrons. The summed E-state index contributed by atoms with van der Waals surface area (Å²) in [6.45, 7) is 0.0141. The molecule has 0 aliphatic heterocycles. The Bertz CT molecular complexity index is 317. The number of ether oxygens (including phenoxy) is 1. The van der Waals surface area contributed by atoms with Crippen LogP contribution in [0, 0.1) is 12.3 Å². The molecule has 0 heterocycles. The summed E-state index contributed by atoms with van der Waals surface area (Å²) in [6.07, 6.45) is 5.04. The molecule has 0 aliphatic rings. The van der Waals surface area contributed by atoms with Crippen molar-refractivity contribution in [2.45, 2.75) is 13.2 Å². The van der Waals surface area contributed by atoms with Crippen molar-refractivity contribution in [1.82, 2.24) is 0 Å². The average Bonchev–Trinajstić information content (AvgIpc) is 2.25. The van der Waals surface area contributed by atoms with Crippen LogP contribution in [0.5, 0.6) is 5.75 Å². The highest BCUT2D eigenvalue weighted by Crippen LogP contribution is 2.17. The van der Waals surface area contributed by atoms with Gasteiger partial charge in [-0.1, -0.05) is 12.0 Å². The molecule has 0 spiro atoms. The highest BCUT2D eigenvalue weighted by atomic mass is 16.5. The fourth-order valence-electron chi connectivity index (χ4n) is 1.12. The van der Waals surface area contributed by atoms with Crippen LogP contribution < -0.4 is 4.74 Å². The van der Waals surface area contributed by atoms with Crippen LogP contribution in [0.1, 0.15) is 11.1 Å². The van der Waals surface area contributed by atoms with Gasteiger partial charge in [0.15, 0.2) is 0 Å². The summed E-state index contributed by atoms with van der Waals surface area (Å²) in [5.74, 6) is 2.91. The Hall–Kier alpha value is -1.50. The summed E-state index contributed by atoms with van der Waals surface area (Å²) < 4.78 is 5.18. The molecule has 0 unspecified atom stereocenters. The third-order valence-corrected chi connectivity index (χ3v) is 1.71. The molecule has 2 N–H and O–H groups in total. The topological polar surface area (TPSA) is 49.7 Å². The zero-order chi connectivity index (χ0) is 10.4. The second-order valence-corrected chi connectivity index (χ2v) is 2.79. The van der Waals surface area contributed by atoms with Gasteiger partial charge < -0.3 is 14.9 Å². The van der Waals surface area contributed by atoms with Crippen molar-refractivity contribution in [2.24, 2.45) is 0 Å². The SMILES string of the molecule is C#CCOc1cc(CO)cc(CO)c1. The maximum Gasteiger partial charge on any atom is 0.148 e. The third-order valence-electron chi connectivity index (χ3n) is 1.71. The quantitative estimate of drug-likeness (QED) is 0.690. The Morgan fingerprint density at radius 1 is 1.14 bits per heavy atom. The molecule has 14 heavy (non-hydrogen) atoms. The summed E-state index contributed by atoms with van der Waals surface area (Å²) in [5, 5.41) is 17.9. The molecule has 1 aromatic rings. The summed E-state index contributed by atoms with van der Waals surface area (Å²) in [6, 6.07) is 5.09. The van der Waals surface area contributed by atoms with Gasteiger partial charge in [-0.25, -0.2) is 0 Å². The Morgan fingerprint density at radius 3 is 2.14 bits per heavy atom. The second-order valence-electron chi connectivity index (χ2n) is 2.79. The van der Waals surface area contributed by atoms with Crippen LogP contribution >= 0.6 is 0 Å². The molecule has 1 rings (SSSR count). The minimum atomic E-state index is -0.0831. The first-order valence-electron chi connectivity index (χ1n) is 4.21. The van der Waals surface area contributed by atoms with Crippen LogP contribution in [0.2, 0.25) is 0 Å². The summed E-state index contributed by atoms with van der Waals surface area (Å²) >= 11 is 0. The smallest absolute Gasteiger partial charge is 0.148 e. The number of hydrogen-bond donors (Lipinski definition) is 2. The molecule has 0 saturated heterocycles. The van der Waals surface area contributed by atoms with Crippen LogP contribution in [0.4, 0.5) is 0 Å². The van der Waals surface area contributed by atoms with E-state index in [1.807, 2.05) is 0 Å². The first-order valence-corrected chi connectivity index (χ1v) is 4.21. The van der Waals surface area contributed by atoms with Crippen LogP contribution in [0.25, 0.3) is 0 Å². The van der Waals surface area contributed by atoms with Crippen molar-refractivity contribution in [1.29, 1.82) is 0 Å². The van der Waals surface area contributed by atoms with E-state index in [2.05, 4.69) is 5.92 Å². The van der Waals surface area contributed by atoms with Gasteiger partial charge in [-0.05, 0) is 23.3 Å². The number of hydrogen-bond acceptors (Lipinski definition) is 3. The molecule has 1 aromatic carbocycles. The molecule has 0 saturated carbocycles. The van der Waals surface area contributed by atoms with E-state index in [9.17, 15) is 0 Å². The molecule has 0 aromatic heterocycles. The lowest BCUT2D eigenvalue weighted by Crippen LogP contribution is -1.97. The Kier molecular flexibility index (Phi) is 3.99.